The Bertz CT molecular complexity index is 696. The Labute approximate surface area is 124 Å². The molecule has 3 heteroatoms. The molecule has 0 aliphatic rings. The molecule has 0 aliphatic heterocycles. The molecule has 1 N–H and O–H groups in total. The molecule has 1 unspecified atom stereocenters. The fourth-order valence-electron chi connectivity index (χ4n) is 2.45. The molecule has 104 valence electrons. The number of aromatic nitrogens is 2. The molecule has 0 saturated heterocycles. The Kier molecular flexibility index (Phi) is 4.03. The highest BCUT2D eigenvalue weighted by Crippen LogP contribution is 2.10. The molecule has 0 aliphatic carbocycles. The number of rotatable bonds is 4. The van der Waals surface area contributed by atoms with Gasteiger partial charge in [0.25, 0.3) is 5.82 Å². The highest BCUT2D eigenvalue weighted by Gasteiger charge is 2.20. The van der Waals surface area contributed by atoms with Crippen LogP contribution in [0.25, 0.3) is 0 Å². The molecule has 1 aromatic heterocycles. The molecule has 3 aromatic rings. The minimum atomic E-state index is 0.852. The first-order chi connectivity index (χ1) is 10.3. The van der Waals surface area contributed by atoms with Crippen LogP contribution in [0.1, 0.15) is 11.1 Å². The summed E-state index contributed by atoms with van der Waals surface area (Å²) >= 11 is 0. The van der Waals surface area contributed by atoms with Crippen LogP contribution in [0.2, 0.25) is 0 Å². The number of nitrogens with one attached hydrogen (secondary N) is 1. The number of aryl methyl sites for hydroxylation is 1. The van der Waals surface area contributed by atoms with Gasteiger partial charge in [-0.2, -0.15) is 5.10 Å². The summed E-state index contributed by atoms with van der Waals surface area (Å²) in [6.07, 6.45) is 1.74. The second-order valence-corrected chi connectivity index (χ2v) is 5.07. The molecule has 0 fully saturated rings. The molecule has 2 aromatic carbocycles. The van der Waals surface area contributed by atoms with Crippen LogP contribution >= 0.6 is 0 Å². The van der Waals surface area contributed by atoms with Crippen molar-refractivity contribution < 1.29 is 4.90 Å². The van der Waals surface area contributed by atoms with E-state index < -0.39 is 0 Å². The number of hydrogen-bond donors (Lipinski definition) is 1. The zero-order valence-corrected chi connectivity index (χ0v) is 12.0. The fourth-order valence-corrected chi connectivity index (χ4v) is 2.45. The number of nitrogens with zero attached hydrogens (tertiary/aromatic N) is 2. The van der Waals surface area contributed by atoms with Crippen molar-refractivity contribution in [3.63, 3.8) is 0 Å². The molecule has 0 bridgehead atoms. The molecule has 0 amide bonds. The van der Waals surface area contributed by atoms with Gasteiger partial charge in [0, 0.05) is 11.1 Å². The Morgan fingerprint density at radius 1 is 0.857 bits per heavy atom. The van der Waals surface area contributed by atoms with Gasteiger partial charge < -0.3 is 0 Å². The molecule has 3 rings (SSSR count). The first-order valence-electron chi connectivity index (χ1n) is 7.08. The van der Waals surface area contributed by atoms with Gasteiger partial charge in [0.1, 0.15) is 12.2 Å². The Hall–Kier alpha value is -2.52. The van der Waals surface area contributed by atoms with Gasteiger partial charge in [-0.15, -0.1) is 0 Å². The van der Waals surface area contributed by atoms with Gasteiger partial charge in [0.15, 0.2) is 0 Å². The monoisotopic (exact) mass is 276 g/mol. The normalized spacial score (nSPS) is 12.0. The van der Waals surface area contributed by atoms with E-state index in [2.05, 4.69) is 65.7 Å². The van der Waals surface area contributed by atoms with Crippen molar-refractivity contribution in [3.8, 4) is 0 Å². The molecule has 0 spiro atoms. The smallest absolute Gasteiger partial charge is 0.248 e. The van der Waals surface area contributed by atoms with Gasteiger partial charge >= 0.3 is 0 Å². The third-order valence-corrected chi connectivity index (χ3v) is 3.55. The zero-order chi connectivity index (χ0) is 14.5. The van der Waals surface area contributed by atoms with Crippen molar-refractivity contribution in [1.29, 1.82) is 0 Å². The van der Waals surface area contributed by atoms with Crippen LogP contribution in [0.15, 0.2) is 72.9 Å². The van der Waals surface area contributed by atoms with Crippen LogP contribution in [-0.4, -0.2) is 10.2 Å². The summed E-state index contributed by atoms with van der Waals surface area (Å²) in [7, 11) is 0. The Morgan fingerprint density at radius 2 is 1.52 bits per heavy atom. The lowest BCUT2D eigenvalue weighted by Gasteiger charge is -2.18. The average molecular weight is 276 g/mol. The second-order valence-electron chi connectivity index (χ2n) is 5.07. The van der Waals surface area contributed by atoms with Crippen molar-refractivity contribution in [2.75, 3.05) is 0 Å². The quantitative estimate of drug-likeness (QED) is 0.794. The minimum absolute atomic E-state index is 0.852. The molecule has 1 atom stereocenters. The molecule has 0 radical (unpaired) electrons. The van der Waals surface area contributed by atoms with E-state index in [1.54, 1.807) is 6.20 Å². The number of quaternary nitrogens is 1. The van der Waals surface area contributed by atoms with E-state index in [0.29, 0.717) is 0 Å². The molecule has 21 heavy (non-hydrogen) atoms. The summed E-state index contributed by atoms with van der Waals surface area (Å²) < 4.78 is 0. The predicted octanol–water partition coefficient (Wildman–Crippen LogP) is 2.83. The van der Waals surface area contributed by atoms with Crippen molar-refractivity contribution in [1.82, 2.24) is 10.2 Å². The van der Waals surface area contributed by atoms with Gasteiger partial charge in [-0.1, -0.05) is 53.6 Å². The van der Waals surface area contributed by atoms with Crippen LogP contribution in [-0.2, 0) is 6.54 Å². The highest BCUT2D eigenvalue weighted by molar-refractivity contribution is 5.37. The van der Waals surface area contributed by atoms with E-state index >= 15 is 0 Å². The lowest BCUT2D eigenvalue weighted by Crippen LogP contribution is -3.01. The molecule has 3 nitrogen and oxygen atoms in total. The van der Waals surface area contributed by atoms with Crippen LogP contribution in [0.3, 0.4) is 0 Å². The summed E-state index contributed by atoms with van der Waals surface area (Å²) in [5.74, 6) is 0.979. The van der Waals surface area contributed by atoms with Crippen molar-refractivity contribution in [3.05, 3.63) is 84.1 Å². The zero-order valence-electron chi connectivity index (χ0n) is 12.0. The van der Waals surface area contributed by atoms with E-state index in [-0.39, 0.29) is 0 Å². The van der Waals surface area contributed by atoms with Crippen molar-refractivity contribution in [2.24, 2.45) is 0 Å². The van der Waals surface area contributed by atoms with Gasteiger partial charge in [0.05, 0.1) is 6.20 Å². The average Bonchev–Trinajstić information content (AvgIpc) is 2.55. The SMILES string of the molecule is Cc1ccnnc1[NH+](Cc1ccccc1)c1ccccc1. The predicted molar refractivity (Wildman–Crippen MR) is 83.6 cm³/mol. The third-order valence-electron chi connectivity index (χ3n) is 3.55. The third kappa shape index (κ3) is 3.15. The maximum Gasteiger partial charge on any atom is 0.253 e. The summed E-state index contributed by atoms with van der Waals surface area (Å²) in [4.78, 5) is 1.22. The number of benzene rings is 2. The lowest BCUT2D eigenvalue weighted by atomic mass is 10.1. The number of hydrogen-bond acceptors (Lipinski definition) is 2. The van der Waals surface area contributed by atoms with Gasteiger partial charge in [-0.3, -0.25) is 0 Å². The Morgan fingerprint density at radius 3 is 2.19 bits per heavy atom. The highest BCUT2D eigenvalue weighted by atomic mass is 15.3. The summed E-state index contributed by atoms with van der Waals surface area (Å²) in [6.45, 7) is 2.93. The first-order valence-corrected chi connectivity index (χ1v) is 7.08. The van der Waals surface area contributed by atoms with E-state index in [0.717, 1.165) is 17.9 Å². The second kappa shape index (κ2) is 6.29. The molecule has 1 heterocycles. The van der Waals surface area contributed by atoms with Crippen molar-refractivity contribution in [2.45, 2.75) is 13.5 Å². The first kappa shape index (κ1) is 13.5. The van der Waals surface area contributed by atoms with Gasteiger partial charge in [-0.25, -0.2) is 4.90 Å². The maximum absolute atomic E-state index is 4.36. The van der Waals surface area contributed by atoms with E-state index in [9.17, 15) is 0 Å². The standard InChI is InChI=1S/C18H17N3/c1-15-12-13-19-20-18(15)21(17-10-6-3-7-11-17)14-16-8-4-2-5-9-16/h2-13H,14H2,1H3/p+1. The van der Waals surface area contributed by atoms with Gasteiger partial charge in [-0.05, 0) is 25.1 Å². The molecular weight excluding hydrogens is 258 g/mol. The number of para-hydroxylation sites is 1. The van der Waals surface area contributed by atoms with Crippen LogP contribution in [0.4, 0.5) is 11.5 Å². The largest absolute Gasteiger partial charge is 0.253 e. The lowest BCUT2D eigenvalue weighted by molar-refractivity contribution is -0.779. The van der Waals surface area contributed by atoms with Crippen LogP contribution < -0.4 is 4.90 Å². The van der Waals surface area contributed by atoms with Crippen LogP contribution in [0, 0.1) is 6.92 Å². The summed E-state index contributed by atoms with van der Waals surface area (Å²) in [6, 6.07) is 22.9. The van der Waals surface area contributed by atoms with Crippen LogP contribution in [0.5, 0.6) is 0 Å². The topological polar surface area (TPSA) is 30.2 Å². The summed E-state index contributed by atoms with van der Waals surface area (Å²) in [5, 5.41) is 8.43. The molecular formula is C18H18N3+. The maximum atomic E-state index is 4.36. The van der Waals surface area contributed by atoms with E-state index in [1.807, 2.05) is 18.2 Å². The Balaban J connectivity index is 2.02. The molecule has 0 saturated carbocycles. The van der Waals surface area contributed by atoms with E-state index in [4.69, 9.17) is 0 Å². The minimum Gasteiger partial charge on any atom is -0.248 e. The summed E-state index contributed by atoms with van der Waals surface area (Å²) in [5.41, 5.74) is 3.63. The van der Waals surface area contributed by atoms with E-state index in [1.165, 1.54) is 16.2 Å². The van der Waals surface area contributed by atoms with Gasteiger partial charge in [0.2, 0.25) is 0 Å². The van der Waals surface area contributed by atoms with Crippen molar-refractivity contribution >= 4 is 11.5 Å². The fraction of sp³-hybridized carbons (Fsp3) is 0.111.